The average molecular weight is 682 g/mol. The summed E-state index contributed by atoms with van der Waals surface area (Å²) in [5, 5.41) is 11.3. The van der Waals surface area contributed by atoms with Crippen LogP contribution in [0.4, 0.5) is 5.82 Å². The molecule has 0 radical (unpaired) electrons. The number of fused-ring (bicyclic) bond motifs is 3. The number of unbranched alkanes of at least 4 members (excludes halogenated alkanes) is 12. The second-order valence-electron chi connectivity index (χ2n) is 14.4. The first-order chi connectivity index (χ1) is 22.9. The van der Waals surface area contributed by atoms with Crippen molar-refractivity contribution in [2.24, 2.45) is 0 Å². The van der Waals surface area contributed by atoms with E-state index in [2.05, 4.69) is 11.9 Å². The van der Waals surface area contributed by atoms with Gasteiger partial charge in [0.05, 0.1) is 19.8 Å². The topological polar surface area (TPSA) is 143 Å². The van der Waals surface area contributed by atoms with E-state index in [0.717, 1.165) is 19.3 Å². The Morgan fingerprint density at radius 2 is 1.46 bits per heavy atom. The van der Waals surface area contributed by atoms with Crippen molar-refractivity contribution in [3.05, 3.63) is 22.1 Å². The zero-order chi connectivity index (χ0) is 34.7. The highest BCUT2D eigenvalue weighted by molar-refractivity contribution is 5.69. The molecule has 0 aromatic carbocycles. The van der Waals surface area contributed by atoms with Crippen molar-refractivity contribution in [2.45, 2.75) is 186 Å². The van der Waals surface area contributed by atoms with Crippen molar-refractivity contribution in [3.8, 4) is 0 Å². The van der Waals surface area contributed by atoms with Gasteiger partial charge in [0, 0.05) is 13.3 Å². The Kier molecular flexibility index (Phi) is 14.6. The number of nitrogens with zero attached hydrogens (tertiary/aromatic N) is 3. The third-order valence-corrected chi connectivity index (χ3v) is 9.17. The van der Waals surface area contributed by atoms with Crippen LogP contribution in [0.1, 0.15) is 130 Å². The van der Waals surface area contributed by atoms with Crippen LogP contribution >= 0.6 is 0 Å². The predicted octanol–water partition coefficient (Wildman–Crippen LogP) is 6.91. The fraction of sp³-hybridized carbons (Fsp3) is 0.886. The number of hydrogen-bond donors (Lipinski definition) is 0. The molecule has 6 atom stereocenters. The number of hydrogen-bond acceptors (Lipinski definition) is 11. The molecule has 3 aliphatic rings. The molecule has 1 unspecified atom stereocenters. The van der Waals surface area contributed by atoms with Crippen molar-refractivity contribution < 1.29 is 42.9 Å². The summed E-state index contributed by atoms with van der Waals surface area (Å²) in [6.45, 7) is 11.6. The van der Waals surface area contributed by atoms with Crippen molar-refractivity contribution in [1.29, 1.82) is 0 Å². The molecule has 3 saturated heterocycles. The Balaban J connectivity index is 1.23. The van der Waals surface area contributed by atoms with Crippen LogP contribution < -0.4 is 0 Å². The van der Waals surface area contributed by atoms with Crippen molar-refractivity contribution in [1.82, 2.24) is 9.55 Å². The lowest BCUT2D eigenvalue weighted by atomic mass is 9.99. The molecule has 1 aromatic rings. The smallest absolute Gasteiger partial charge is 0.381 e. The van der Waals surface area contributed by atoms with Gasteiger partial charge in [-0.25, -0.2) is 0 Å². The summed E-state index contributed by atoms with van der Waals surface area (Å²) < 4.78 is 44.2. The van der Waals surface area contributed by atoms with Crippen LogP contribution in [0.15, 0.2) is 6.20 Å². The number of imidazole rings is 1. The zero-order valence-corrected chi connectivity index (χ0v) is 30.0. The third-order valence-electron chi connectivity index (χ3n) is 9.17. The molecular weight excluding hydrogens is 622 g/mol. The predicted molar refractivity (Wildman–Crippen MR) is 177 cm³/mol. The molecule has 4 heterocycles. The van der Waals surface area contributed by atoms with Gasteiger partial charge in [0.25, 0.3) is 0 Å². The number of aryl methyl sites for hydroxylation is 1. The van der Waals surface area contributed by atoms with Gasteiger partial charge < -0.3 is 47.8 Å². The standard InChI is InChI=1S/C35H59N3O10/c1-7-8-9-10-11-12-13-14-15-16-17-18-19-20-29(39)43-26(21-37-22-28(38(40)41)36-25(37)2)23-42-24-27-30-31(46-34(3,4)45-30)32-33(44-27)48-35(5,6)47-32/h22,26-27,30-33H,7-21,23-24H2,1-6H3/t26?,27-,30+,31+,32-,33-/m1/s1. The molecule has 13 heteroatoms. The van der Waals surface area contributed by atoms with Gasteiger partial charge in [-0.05, 0) is 44.0 Å². The number of carbonyl (C=O) groups is 1. The average Bonchev–Trinajstić information content (AvgIpc) is 3.65. The van der Waals surface area contributed by atoms with Crippen LogP contribution in [0.25, 0.3) is 0 Å². The summed E-state index contributed by atoms with van der Waals surface area (Å²) in [4.78, 5) is 27.7. The maximum absolute atomic E-state index is 12.9. The van der Waals surface area contributed by atoms with E-state index in [1.165, 1.54) is 70.4 Å². The maximum Gasteiger partial charge on any atom is 0.381 e. The lowest BCUT2D eigenvalue weighted by Crippen LogP contribution is -2.56. The van der Waals surface area contributed by atoms with E-state index in [1.54, 1.807) is 11.5 Å². The summed E-state index contributed by atoms with van der Waals surface area (Å²) in [6.07, 6.45) is 14.4. The Bertz CT molecular complexity index is 1160. The first kappa shape index (κ1) is 38.6. The molecule has 13 nitrogen and oxygen atoms in total. The highest BCUT2D eigenvalue weighted by atomic mass is 16.9. The van der Waals surface area contributed by atoms with Gasteiger partial charge >= 0.3 is 11.8 Å². The molecule has 4 rings (SSSR count). The quantitative estimate of drug-likeness (QED) is 0.0545. The van der Waals surface area contributed by atoms with E-state index in [4.69, 9.17) is 33.2 Å². The number of rotatable bonds is 22. The van der Waals surface area contributed by atoms with Crippen LogP contribution in [0.5, 0.6) is 0 Å². The van der Waals surface area contributed by atoms with Crippen LogP contribution in [0.3, 0.4) is 0 Å². The zero-order valence-electron chi connectivity index (χ0n) is 30.0. The number of nitro groups is 1. The SMILES string of the molecule is CCCCCCCCCCCCCCCC(=O)OC(COC[C@H]1O[C@@H]2OC(C)(C)O[C@@H]2[C@H]2OC(C)(C)O[C@H]21)Cn1cc([N+](=O)[O-])nc1C. The Hall–Kier alpha value is -2.16. The van der Waals surface area contributed by atoms with E-state index in [9.17, 15) is 14.9 Å². The summed E-state index contributed by atoms with van der Waals surface area (Å²) in [6, 6.07) is 0. The number of ether oxygens (including phenoxy) is 7. The van der Waals surface area contributed by atoms with Gasteiger partial charge in [0.2, 0.25) is 5.82 Å². The van der Waals surface area contributed by atoms with Gasteiger partial charge in [0.15, 0.2) is 17.9 Å². The van der Waals surface area contributed by atoms with Crippen molar-refractivity contribution >= 4 is 11.8 Å². The fourth-order valence-electron chi connectivity index (χ4n) is 6.78. The first-order valence-electron chi connectivity index (χ1n) is 18.2. The Morgan fingerprint density at radius 3 is 2.06 bits per heavy atom. The van der Waals surface area contributed by atoms with Crippen LogP contribution in [0.2, 0.25) is 0 Å². The van der Waals surface area contributed by atoms with E-state index >= 15 is 0 Å². The van der Waals surface area contributed by atoms with Gasteiger partial charge in [-0.3, -0.25) is 4.79 Å². The van der Waals surface area contributed by atoms with Gasteiger partial charge in [-0.15, -0.1) is 0 Å². The van der Waals surface area contributed by atoms with Crippen LogP contribution in [0, 0.1) is 17.0 Å². The van der Waals surface area contributed by atoms with Gasteiger partial charge in [-0.1, -0.05) is 84.0 Å². The van der Waals surface area contributed by atoms with Gasteiger partial charge in [-0.2, -0.15) is 0 Å². The maximum atomic E-state index is 12.9. The normalized spacial score (nSPS) is 26.2. The molecule has 0 aliphatic carbocycles. The molecule has 0 N–H and O–H groups in total. The monoisotopic (exact) mass is 681 g/mol. The van der Waals surface area contributed by atoms with E-state index in [-0.39, 0.29) is 31.5 Å². The Morgan fingerprint density at radius 1 is 0.896 bits per heavy atom. The lowest BCUT2D eigenvalue weighted by Gasteiger charge is -2.37. The molecule has 1 aromatic heterocycles. The van der Waals surface area contributed by atoms with E-state index < -0.39 is 53.3 Å². The first-order valence-corrected chi connectivity index (χ1v) is 18.2. The molecule has 48 heavy (non-hydrogen) atoms. The minimum atomic E-state index is -0.832. The number of esters is 1. The third kappa shape index (κ3) is 11.7. The largest absolute Gasteiger partial charge is 0.458 e. The summed E-state index contributed by atoms with van der Waals surface area (Å²) in [7, 11) is 0. The molecule has 0 amide bonds. The van der Waals surface area contributed by atoms with E-state index in [0.29, 0.717) is 12.2 Å². The minimum Gasteiger partial charge on any atom is -0.458 e. The van der Waals surface area contributed by atoms with E-state index in [1.807, 2.05) is 27.7 Å². The van der Waals surface area contributed by atoms with Crippen molar-refractivity contribution in [2.75, 3.05) is 13.2 Å². The molecule has 0 bridgehead atoms. The second kappa shape index (κ2) is 18.2. The second-order valence-corrected chi connectivity index (χ2v) is 14.4. The Labute approximate surface area is 285 Å². The summed E-state index contributed by atoms with van der Waals surface area (Å²) >= 11 is 0. The number of carbonyl (C=O) groups excluding carboxylic acids is 1. The van der Waals surface area contributed by atoms with Gasteiger partial charge in [0.1, 0.15) is 36.7 Å². The van der Waals surface area contributed by atoms with Crippen LogP contribution in [-0.4, -0.2) is 82.0 Å². The summed E-state index contributed by atoms with van der Waals surface area (Å²) in [5.41, 5.74) is 0. The molecule has 274 valence electrons. The molecule has 0 spiro atoms. The van der Waals surface area contributed by atoms with Crippen molar-refractivity contribution in [3.63, 3.8) is 0 Å². The summed E-state index contributed by atoms with van der Waals surface area (Å²) in [5.74, 6) is -1.79. The molecule has 3 fully saturated rings. The minimum absolute atomic E-state index is 0.0498. The fourth-order valence-corrected chi connectivity index (χ4v) is 6.78. The molecule has 3 aliphatic heterocycles. The molecule has 0 saturated carbocycles. The molecular formula is C35H59N3O10. The highest BCUT2D eigenvalue weighted by Gasteiger charge is 2.60. The number of aromatic nitrogens is 2. The lowest BCUT2D eigenvalue weighted by molar-refractivity contribution is -0.389. The van der Waals surface area contributed by atoms with Crippen LogP contribution in [-0.2, 0) is 44.5 Å². The highest BCUT2D eigenvalue weighted by Crippen LogP contribution is 2.44.